The number of sulfonamides is 1. The first-order valence-corrected chi connectivity index (χ1v) is 12.1. The summed E-state index contributed by atoms with van der Waals surface area (Å²) in [5, 5.41) is 3.66. The molecular formula is C23H22Cl2N2O3S. The van der Waals surface area contributed by atoms with Crippen molar-refractivity contribution in [2.45, 2.75) is 20.4 Å². The summed E-state index contributed by atoms with van der Waals surface area (Å²) in [7, 11) is -3.63. The molecule has 0 saturated heterocycles. The van der Waals surface area contributed by atoms with Gasteiger partial charge in [0.1, 0.15) is 0 Å². The summed E-state index contributed by atoms with van der Waals surface area (Å²) in [6.07, 6.45) is 1.11. The second kappa shape index (κ2) is 9.30. The SMILES string of the molecule is Cc1ccc(C)c(NC(=O)c2ccc(N(Cc3c(Cl)cccc3Cl)S(C)(=O)=O)cc2)c1. The maximum Gasteiger partial charge on any atom is 0.255 e. The molecule has 162 valence electrons. The zero-order chi connectivity index (χ0) is 22.8. The molecule has 1 N–H and O–H groups in total. The minimum absolute atomic E-state index is 0.0225. The number of nitrogens with zero attached hydrogens (tertiary/aromatic N) is 1. The Labute approximate surface area is 192 Å². The van der Waals surface area contributed by atoms with Gasteiger partial charge >= 0.3 is 0 Å². The lowest BCUT2D eigenvalue weighted by Crippen LogP contribution is -2.29. The quantitative estimate of drug-likeness (QED) is 0.486. The fourth-order valence-electron chi connectivity index (χ4n) is 3.07. The van der Waals surface area contributed by atoms with Crippen LogP contribution in [0.1, 0.15) is 27.0 Å². The molecule has 0 radical (unpaired) electrons. The van der Waals surface area contributed by atoms with Crippen LogP contribution in [0, 0.1) is 13.8 Å². The van der Waals surface area contributed by atoms with Gasteiger partial charge in [0.15, 0.2) is 0 Å². The lowest BCUT2D eigenvalue weighted by atomic mass is 10.1. The summed E-state index contributed by atoms with van der Waals surface area (Å²) in [5.74, 6) is -0.277. The third kappa shape index (κ3) is 5.58. The normalized spacial score (nSPS) is 11.3. The zero-order valence-corrected chi connectivity index (χ0v) is 19.6. The number of rotatable bonds is 6. The van der Waals surface area contributed by atoms with Crippen molar-refractivity contribution in [3.8, 4) is 0 Å². The number of hydrogen-bond donors (Lipinski definition) is 1. The number of benzene rings is 3. The first-order valence-electron chi connectivity index (χ1n) is 9.45. The van der Waals surface area contributed by atoms with E-state index >= 15 is 0 Å². The molecule has 0 aliphatic carbocycles. The molecule has 8 heteroatoms. The van der Waals surface area contributed by atoms with Crippen LogP contribution in [0.25, 0.3) is 0 Å². The second-order valence-corrected chi connectivity index (χ2v) is 10.0. The highest BCUT2D eigenvalue weighted by Gasteiger charge is 2.21. The summed E-state index contributed by atoms with van der Waals surface area (Å²) in [5.41, 5.74) is 4.05. The van der Waals surface area contributed by atoms with Crippen LogP contribution in [-0.4, -0.2) is 20.6 Å². The van der Waals surface area contributed by atoms with Crippen LogP contribution in [0.15, 0.2) is 60.7 Å². The summed E-state index contributed by atoms with van der Waals surface area (Å²) in [4.78, 5) is 12.7. The zero-order valence-electron chi connectivity index (χ0n) is 17.3. The van der Waals surface area contributed by atoms with Crippen LogP contribution in [0.4, 0.5) is 11.4 Å². The highest BCUT2D eigenvalue weighted by Crippen LogP contribution is 2.29. The Morgan fingerprint density at radius 2 is 1.58 bits per heavy atom. The van der Waals surface area contributed by atoms with Gasteiger partial charge in [0.25, 0.3) is 5.91 Å². The Bertz CT molecular complexity index is 1210. The standard InChI is InChI=1S/C23H22Cl2N2O3S/c1-15-7-8-16(2)22(13-15)26-23(28)17-9-11-18(12-10-17)27(31(3,29)30)14-19-20(24)5-4-6-21(19)25/h4-13H,14H2,1-3H3,(H,26,28). The monoisotopic (exact) mass is 476 g/mol. The molecule has 0 heterocycles. The van der Waals surface area contributed by atoms with Gasteiger partial charge in [-0.05, 0) is 67.4 Å². The summed E-state index contributed by atoms with van der Waals surface area (Å²) >= 11 is 12.4. The molecule has 0 fully saturated rings. The third-order valence-electron chi connectivity index (χ3n) is 4.82. The lowest BCUT2D eigenvalue weighted by Gasteiger charge is -2.23. The van der Waals surface area contributed by atoms with E-state index in [1.54, 1.807) is 42.5 Å². The van der Waals surface area contributed by atoms with Crippen molar-refractivity contribution in [2.24, 2.45) is 0 Å². The predicted octanol–water partition coefficient (Wildman–Crippen LogP) is 5.83. The first-order chi connectivity index (χ1) is 14.6. The molecule has 5 nitrogen and oxygen atoms in total. The molecule has 0 spiro atoms. The molecule has 0 saturated carbocycles. The number of nitrogens with one attached hydrogen (secondary N) is 1. The van der Waals surface area contributed by atoms with Gasteiger partial charge in [-0.3, -0.25) is 9.10 Å². The largest absolute Gasteiger partial charge is 0.322 e. The fourth-order valence-corrected chi connectivity index (χ4v) is 4.46. The number of carbonyl (C=O) groups excluding carboxylic acids is 1. The third-order valence-corrected chi connectivity index (χ3v) is 6.67. The Morgan fingerprint density at radius 1 is 0.968 bits per heavy atom. The minimum atomic E-state index is -3.63. The van der Waals surface area contributed by atoms with E-state index < -0.39 is 10.0 Å². The molecule has 0 atom stereocenters. The Kier molecular flexibility index (Phi) is 6.94. The highest BCUT2D eigenvalue weighted by molar-refractivity contribution is 7.92. The van der Waals surface area contributed by atoms with E-state index in [1.807, 2.05) is 32.0 Å². The first kappa shape index (κ1) is 23.1. The van der Waals surface area contributed by atoms with Gasteiger partial charge in [0, 0.05) is 26.9 Å². The van der Waals surface area contributed by atoms with Crippen molar-refractivity contribution in [2.75, 3.05) is 15.9 Å². The van der Waals surface area contributed by atoms with E-state index in [2.05, 4.69) is 5.32 Å². The topological polar surface area (TPSA) is 66.5 Å². The fraction of sp³-hybridized carbons (Fsp3) is 0.174. The minimum Gasteiger partial charge on any atom is -0.322 e. The summed E-state index contributed by atoms with van der Waals surface area (Å²) in [6.45, 7) is 3.85. The van der Waals surface area contributed by atoms with Gasteiger partial charge in [0.05, 0.1) is 18.5 Å². The molecule has 31 heavy (non-hydrogen) atoms. The van der Waals surface area contributed by atoms with E-state index in [0.29, 0.717) is 26.9 Å². The van der Waals surface area contributed by atoms with Crippen molar-refractivity contribution < 1.29 is 13.2 Å². The molecule has 1 amide bonds. The molecule has 0 aliphatic rings. The Morgan fingerprint density at radius 3 is 2.16 bits per heavy atom. The molecule has 3 rings (SSSR count). The maximum atomic E-state index is 12.7. The predicted molar refractivity (Wildman–Crippen MR) is 128 cm³/mol. The van der Waals surface area contributed by atoms with E-state index in [0.717, 1.165) is 23.1 Å². The average Bonchev–Trinajstić information content (AvgIpc) is 2.70. The highest BCUT2D eigenvalue weighted by atomic mass is 35.5. The number of aryl methyl sites for hydroxylation is 2. The van der Waals surface area contributed by atoms with Crippen molar-refractivity contribution in [3.05, 3.63) is 93.0 Å². The van der Waals surface area contributed by atoms with Gasteiger partial charge in [0.2, 0.25) is 10.0 Å². The van der Waals surface area contributed by atoms with Crippen LogP contribution in [0.2, 0.25) is 10.0 Å². The molecule has 0 bridgehead atoms. The van der Waals surface area contributed by atoms with Crippen LogP contribution >= 0.6 is 23.2 Å². The number of halogens is 2. The average molecular weight is 477 g/mol. The van der Waals surface area contributed by atoms with Crippen LogP contribution in [0.3, 0.4) is 0 Å². The van der Waals surface area contributed by atoms with Gasteiger partial charge in [-0.25, -0.2) is 8.42 Å². The van der Waals surface area contributed by atoms with E-state index in [9.17, 15) is 13.2 Å². The molecule has 3 aromatic rings. The van der Waals surface area contributed by atoms with Crippen LogP contribution in [-0.2, 0) is 16.6 Å². The second-order valence-electron chi connectivity index (χ2n) is 7.29. The number of anilines is 2. The molecular weight excluding hydrogens is 455 g/mol. The van der Waals surface area contributed by atoms with Crippen molar-refractivity contribution in [1.29, 1.82) is 0 Å². The van der Waals surface area contributed by atoms with Gasteiger partial charge in [-0.2, -0.15) is 0 Å². The lowest BCUT2D eigenvalue weighted by molar-refractivity contribution is 0.102. The Hall–Kier alpha value is -2.54. The number of amides is 1. The van der Waals surface area contributed by atoms with E-state index in [1.165, 1.54) is 4.31 Å². The number of carbonyl (C=O) groups is 1. The van der Waals surface area contributed by atoms with E-state index in [4.69, 9.17) is 23.2 Å². The van der Waals surface area contributed by atoms with Crippen molar-refractivity contribution >= 4 is 50.5 Å². The molecule has 0 aromatic heterocycles. The summed E-state index contributed by atoms with van der Waals surface area (Å²) < 4.78 is 26.1. The molecule has 0 unspecified atom stereocenters. The maximum absolute atomic E-state index is 12.7. The molecule has 0 aliphatic heterocycles. The Balaban J connectivity index is 1.86. The molecule has 3 aromatic carbocycles. The van der Waals surface area contributed by atoms with E-state index in [-0.39, 0.29) is 12.5 Å². The van der Waals surface area contributed by atoms with Crippen LogP contribution < -0.4 is 9.62 Å². The summed E-state index contributed by atoms with van der Waals surface area (Å²) in [6, 6.07) is 17.2. The van der Waals surface area contributed by atoms with Crippen LogP contribution in [0.5, 0.6) is 0 Å². The van der Waals surface area contributed by atoms with Gasteiger partial charge in [-0.15, -0.1) is 0 Å². The number of hydrogen-bond acceptors (Lipinski definition) is 3. The van der Waals surface area contributed by atoms with Crippen molar-refractivity contribution in [1.82, 2.24) is 0 Å². The van der Waals surface area contributed by atoms with Gasteiger partial charge < -0.3 is 5.32 Å². The van der Waals surface area contributed by atoms with Gasteiger partial charge in [-0.1, -0.05) is 41.4 Å². The van der Waals surface area contributed by atoms with Crippen molar-refractivity contribution in [3.63, 3.8) is 0 Å². The smallest absolute Gasteiger partial charge is 0.255 e.